The Kier molecular flexibility index (Phi) is 16.9. The van der Waals surface area contributed by atoms with Crippen LogP contribution >= 0.6 is 0 Å². The Morgan fingerprint density at radius 3 is 2.21 bits per heavy atom. The number of carbonyl (C=O) groups is 4. The van der Waals surface area contributed by atoms with Crippen molar-refractivity contribution < 1.29 is 58.2 Å². The Morgan fingerprint density at radius 2 is 1.57 bits per heavy atom. The van der Waals surface area contributed by atoms with E-state index < -0.39 is 83.9 Å². The fourth-order valence-corrected chi connectivity index (χ4v) is 9.39. The Hall–Kier alpha value is -2.52. The van der Waals surface area contributed by atoms with Gasteiger partial charge in [0.1, 0.15) is 24.0 Å². The average Bonchev–Trinajstić information content (AvgIpc) is 3.18. The van der Waals surface area contributed by atoms with Crippen LogP contribution in [0.25, 0.3) is 0 Å². The third-order valence-electron chi connectivity index (χ3n) is 12.9. The van der Waals surface area contributed by atoms with Crippen molar-refractivity contribution in [3.63, 3.8) is 0 Å². The molecule has 0 radical (unpaired) electrons. The number of ketones is 2. The van der Waals surface area contributed by atoms with Crippen molar-refractivity contribution in [1.29, 1.82) is 0 Å². The third kappa shape index (κ3) is 10.7. The minimum absolute atomic E-state index is 0.000914. The van der Waals surface area contributed by atoms with E-state index in [9.17, 15) is 34.5 Å². The minimum Gasteiger partial charge on any atom is -0.456 e. The molecule has 1 saturated carbocycles. The van der Waals surface area contributed by atoms with Crippen molar-refractivity contribution in [2.24, 2.45) is 29.6 Å². The molecule has 13 heteroatoms. The van der Waals surface area contributed by atoms with Crippen LogP contribution in [0, 0.1) is 29.6 Å². The van der Waals surface area contributed by atoms with E-state index in [2.05, 4.69) is 6.92 Å². The van der Waals surface area contributed by atoms with Gasteiger partial charge in [0.2, 0.25) is 5.79 Å². The summed E-state index contributed by atoms with van der Waals surface area (Å²) in [6.45, 7) is 11.3. The molecule has 1 aliphatic carbocycles. The van der Waals surface area contributed by atoms with Crippen molar-refractivity contribution in [3.8, 4) is 0 Å². The molecule has 14 atom stereocenters. The first-order valence-electron chi connectivity index (χ1n) is 20.8. The van der Waals surface area contributed by atoms with E-state index in [0.29, 0.717) is 56.9 Å². The Bertz CT molecular complexity index is 1430. The number of rotatable bonds is 6. The summed E-state index contributed by atoms with van der Waals surface area (Å²) in [5.41, 5.74) is 1.66. The molecule has 3 fully saturated rings. The number of hydrogen-bond acceptors (Lipinski definition) is 12. The van der Waals surface area contributed by atoms with Crippen LogP contribution in [0.2, 0.25) is 0 Å². The largest absolute Gasteiger partial charge is 0.456 e. The SMILES string of the molecule is CC[C@@H]1/C=C(\C)C[C@H](C)C[C@H](OC)[C@H]2O[C@@](O)(C(=O)C(=O)N3CCCC[C@H]3C(=O)OC(/C(C)=C/[C@@H]3CC[C@@H](O)C(OC)C3)[C@H](C)[C@@H](O)CC1=O)[C@H](C)C[C@@H]2OC. The van der Waals surface area contributed by atoms with Crippen LogP contribution in [-0.2, 0) is 42.9 Å². The topological polar surface area (TPSA) is 178 Å². The first kappa shape index (κ1) is 46.2. The highest BCUT2D eigenvalue weighted by Crippen LogP contribution is 2.39. The summed E-state index contributed by atoms with van der Waals surface area (Å²) in [5.74, 6) is -7.50. The van der Waals surface area contributed by atoms with Crippen molar-refractivity contribution in [2.45, 2.75) is 167 Å². The molecule has 2 unspecified atom stereocenters. The zero-order valence-electron chi connectivity index (χ0n) is 35.1. The standard InChI is InChI=1S/C43H69NO12/c1-10-30-18-24(2)17-25(3)19-36(53-8)39-37(54-9)21-27(5)43(51,56-39)40(48)41(49)44-16-12-11-13-31(44)42(50)55-38(28(6)33(46)23-34(30)47)26(4)20-29-14-15-32(45)35(22-29)52-7/h18,20,25,27-33,35-39,45-46,51H,10-17,19,21-23H2,1-9H3/b24-18+,26-20+/t25-,27+,28+,29-,30+,31-,32+,33-,35?,36-,37-,38?,39+,43+/m0/s1. The molecule has 1 amide bonds. The molecule has 318 valence electrons. The van der Waals surface area contributed by atoms with Gasteiger partial charge in [-0.3, -0.25) is 14.4 Å². The fourth-order valence-electron chi connectivity index (χ4n) is 9.39. The molecule has 3 aliphatic heterocycles. The summed E-state index contributed by atoms with van der Waals surface area (Å²) in [4.78, 5) is 57.6. The van der Waals surface area contributed by atoms with Gasteiger partial charge in [0.15, 0.2) is 0 Å². The zero-order valence-corrected chi connectivity index (χ0v) is 35.1. The van der Waals surface area contributed by atoms with Crippen molar-refractivity contribution in [3.05, 3.63) is 23.3 Å². The number of aliphatic hydroxyl groups excluding tert-OH is 2. The van der Waals surface area contributed by atoms with Gasteiger partial charge in [-0.1, -0.05) is 45.4 Å². The Labute approximate surface area is 333 Å². The lowest BCUT2D eigenvalue weighted by molar-refractivity contribution is -0.302. The van der Waals surface area contributed by atoms with E-state index in [1.54, 1.807) is 21.0 Å². The molecule has 0 spiro atoms. The number of carbonyl (C=O) groups excluding carboxylic acids is 4. The quantitative estimate of drug-likeness (QED) is 0.196. The van der Waals surface area contributed by atoms with Crippen LogP contribution in [0.15, 0.2) is 23.3 Å². The maximum absolute atomic E-state index is 14.3. The lowest BCUT2D eigenvalue weighted by Gasteiger charge is -2.47. The third-order valence-corrected chi connectivity index (χ3v) is 12.9. The van der Waals surface area contributed by atoms with Gasteiger partial charge in [-0.2, -0.15) is 0 Å². The minimum atomic E-state index is -2.50. The number of amides is 1. The average molecular weight is 792 g/mol. The van der Waals surface area contributed by atoms with Gasteiger partial charge in [0.05, 0.1) is 30.5 Å². The lowest BCUT2D eigenvalue weighted by atomic mass is 9.81. The number of fused-ring (bicyclic) bond motifs is 3. The zero-order chi connectivity index (χ0) is 41.5. The molecular formula is C43H69NO12. The van der Waals surface area contributed by atoms with E-state index >= 15 is 0 Å². The van der Waals surface area contributed by atoms with Gasteiger partial charge in [-0.15, -0.1) is 0 Å². The van der Waals surface area contributed by atoms with Crippen LogP contribution in [0.3, 0.4) is 0 Å². The van der Waals surface area contributed by atoms with Gasteiger partial charge in [0.25, 0.3) is 11.7 Å². The number of nitrogens with zero attached hydrogens (tertiary/aromatic N) is 1. The normalized spacial score (nSPS) is 41.6. The number of allylic oxidation sites excluding steroid dienone is 3. The van der Waals surface area contributed by atoms with E-state index in [4.69, 9.17) is 23.7 Å². The monoisotopic (exact) mass is 791 g/mol. The number of Topliss-reactive ketones (excluding diaryl/α,β-unsaturated/α-hetero) is 2. The first-order valence-corrected chi connectivity index (χ1v) is 20.8. The smallest absolute Gasteiger partial charge is 0.329 e. The molecule has 4 aliphatic rings. The van der Waals surface area contributed by atoms with Crippen LogP contribution in [0.1, 0.15) is 112 Å². The highest BCUT2D eigenvalue weighted by molar-refractivity contribution is 6.39. The van der Waals surface area contributed by atoms with Gasteiger partial charge >= 0.3 is 5.97 Å². The summed E-state index contributed by atoms with van der Waals surface area (Å²) in [6, 6.07) is -1.13. The number of hydrogen-bond donors (Lipinski definition) is 3. The molecule has 13 nitrogen and oxygen atoms in total. The number of ether oxygens (including phenoxy) is 5. The molecule has 0 aromatic rings. The number of piperidine rings is 1. The van der Waals surface area contributed by atoms with Crippen LogP contribution in [0.5, 0.6) is 0 Å². The number of esters is 1. The maximum Gasteiger partial charge on any atom is 0.329 e. The number of cyclic esters (lactones) is 1. The number of aliphatic hydroxyl groups is 3. The molecule has 56 heavy (non-hydrogen) atoms. The highest BCUT2D eigenvalue weighted by atomic mass is 16.7. The molecule has 3 N–H and O–H groups in total. The van der Waals surface area contributed by atoms with Crippen LogP contribution in [0.4, 0.5) is 0 Å². The summed E-state index contributed by atoms with van der Waals surface area (Å²) >= 11 is 0. The van der Waals surface area contributed by atoms with Gasteiger partial charge < -0.3 is 43.9 Å². The van der Waals surface area contributed by atoms with Crippen molar-refractivity contribution >= 4 is 23.4 Å². The Balaban J connectivity index is 1.76. The highest BCUT2D eigenvalue weighted by Gasteiger charge is 2.56. The predicted molar refractivity (Wildman–Crippen MR) is 208 cm³/mol. The fraction of sp³-hybridized carbons (Fsp3) is 0.814. The molecule has 0 aromatic carbocycles. The summed E-state index contributed by atoms with van der Waals surface area (Å²) in [5, 5.41) is 34.1. The summed E-state index contributed by atoms with van der Waals surface area (Å²) in [7, 11) is 4.63. The maximum atomic E-state index is 14.3. The molecule has 3 heterocycles. The van der Waals surface area contributed by atoms with E-state index in [1.807, 2.05) is 32.9 Å². The number of methoxy groups -OCH3 is 3. The van der Waals surface area contributed by atoms with Crippen molar-refractivity contribution in [2.75, 3.05) is 27.9 Å². The lowest BCUT2D eigenvalue weighted by Crippen LogP contribution is -2.64. The van der Waals surface area contributed by atoms with E-state index in [1.165, 1.54) is 19.1 Å². The summed E-state index contributed by atoms with van der Waals surface area (Å²) < 4.78 is 29.7. The van der Waals surface area contributed by atoms with E-state index in [0.717, 1.165) is 5.57 Å². The van der Waals surface area contributed by atoms with Crippen LogP contribution < -0.4 is 0 Å². The van der Waals surface area contributed by atoms with E-state index in [-0.39, 0.29) is 49.5 Å². The van der Waals surface area contributed by atoms with Crippen molar-refractivity contribution in [1.82, 2.24) is 4.90 Å². The van der Waals surface area contributed by atoms with Crippen LogP contribution in [-0.4, -0.2) is 126 Å². The van der Waals surface area contributed by atoms with Gasteiger partial charge in [0, 0.05) is 52.0 Å². The molecule has 2 saturated heterocycles. The second kappa shape index (κ2) is 20.4. The Morgan fingerprint density at radius 1 is 0.911 bits per heavy atom. The van der Waals surface area contributed by atoms with Gasteiger partial charge in [-0.25, -0.2) is 4.79 Å². The second-order valence-corrected chi connectivity index (χ2v) is 17.2. The molecule has 0 aromatic heterocycles. The molecular weight excluding hydrogens is 722 g/mol. The predicted octanol–water partition coefficient (Wildman–Crippen LogP) is 4.47. The second-order valence-electron chi connectivity index (χ2n) is 17.2. The molecule has 4 rings (SSSR count). The summed E-state index contributed by atoms with van der Waals surface area (Å²) in [6.07, 6.45) is 3.72. The van der Waals surface area contributed by atoms with Gasteiger partial charge in [-0.05, 0) is 95.5 Å². The molecule has 2 bridgehead atoms. The first-order chi connectivity index (χ1) is 26.5.